The molecule has 2 aromatic carbocycles. The highest BCUT2D eigenvalue weighted by Crippen LogP contribution is 2.18. The van der Waals surface area contributed by atoms with Crippen LogP contribution in [0.25, 0.3) is 0 Å². The van der Waals surface area contributed by atoms with E-state index >= 15 is 0 Å². The molecule has 0 unspecified atom stereocenters. The summed E-state index contributed by atoms with van der Waals surface area (Å²) in [5, 5.41) is 21.0. The number of hydrogen-bond donors (Lipinski definition) is 5. The van der Waals surface area contributed by atoms with Gasteiger partial charge in [-0.3, -0.25) is 19.7 Å². The Balaban J connectivity index is 1.99. The van der Waals surface area contributed by atoms with Crippen LogP contribution < -0.4 is 31.7 Å². The number of ether oxygens (including phenoxy) is 3. The lowest BCUT2D eigenvalue weighted by Gasteiger charge is -2.25. The van der Waals surface area contributed by atoms with Gasteiger partial charge in [-0.25, -0.2) is 14.4 Å². The van der Waals surface area contributed by atoms with Crippen molar-refractivity contribution in [2.45, 2.75) is 52.3 Å². The summed E-state index contributed by atoms with van der Waals surface area (Å²) in [6.45, 7) is 5.21. The number of benzene rings is 2. The van der Waals surface area contributed by atoms with Gasteiger partial charge in [0, 0.05) is 24.4 Å². The number of nitro groups is 1. The van der Waals surface area contributed by atoms with Crippen LogP contribution in [0.1, 0.15) is 39.2 Å². The second kappa shape index (κ2) is 17.5. The van der Waals surface area contributed by atoms with Crippen LogP contribution >= 0.6 is 0 Å². The van der Waals surface area contributed by atoms with Crippen LogP contribution in [0, 0.1) is 16.0 Å². The van der Waals surface area contributed by atoms with Gasteiger partial charge in [-0.05, 0) is 55.5 Å². The van der Waals surface area contributed by atoms with E-state index in [-0.39, 0.29) is 43.5 Å². The number of primary amides is 1. The quantitative estimate of drug-likeness (QED) is 0.0645. The summed E-state index contributed by atoms with van der Waals surface area (Å²) in [6, 6.07) is 8.49. The predicted octanol–water partition coefficient (Wildman–Crippen LogP) is 2.95. The molecule has 2 rings (SSSR count). The van der Waals surface area contributed by atoms with Crippen molar-refractivity contribution < 1.29 is 43.1 Å². The van der Waals surface area contributed by atoms with E-state index in [1.807, 2.05) is 0 Å². The Morgan fingerprint density at radius 3 is 2.16 bits per heavy atom. The van der Waals surface area contributed by atoms with E-state index < -0.39 is 47.1 Å². The average molecular weight is 617 g/mol. The number of rotatable bonds is 15. The summed E-state index contributed by atoms with van der Waals surface area (Å²) >= 11 is 0. The molecule has 0 fully saturated rings. The van der Waals surface area contributed by atoms with Gasteiger partial charge in [-0.2, -0.15) is 0 Å². The number of anilines is 1. The summed E-state index contributed by atoms with van der Waals surface area (Å²) in [5.41, 5.74) is 5.88. The number of amides is 5. The van der Waals surface area contributed by atoms with E-state index in [0.717, 1.165) is 0 Å². The number of hydrogen-bond acceptors (Lipinski definition) is 10. The third-order valence-electron chi connectivity index (χ3n) is 5.93. The largest absolute Gasteiger partial charge is 0.514 e. The third-order valence-corrected chi connectivity index (χ3v) is 5.93. The Morgan fingerprint density at radius 2 is 1.59 bits per heavy atom. The van der Waals surface area contributed by atoms with Crippen molar-refractivity contribution in [3.05, 3.63) is 64.2 Å². The second-order valence-electron chi connectivity index (χ2n) is 9.66. The zero-order chi connectivity index (χ0) is 32.6. The first-order chi connectivity index (χ1) is 20.9. The SMILES string of the molecule is CCOC(=O)N[C@H](C(=O)N[C@@H](CCCNC(N)=O)C(=O)Nc1ccc(COC(=O)Oc2ccc([N+](=O)[O-])cc2)cc1)C(C)C. The molecule has 0 spiro atoms. The Hall–Kier alpha value is -5.41. The number of non-ortho nitro benzene ring substituents is 1. The highest BCUT2D eigenvalue weighted by atomic mass is 16.7. The van der Waals surface area contributed by atoms with E-state index in [0.29, 0.717) is 17.7 Å². The molecular formula is C28H36N6O10. The molecule has 0 bridgehead atoms. The Bertz CT molecular complexity index is 1300. The van der Waals surface area contributed by atoms with Crippen LogP contribution in [0.5, 0.6) is 5.75 Å². The van der Waals surface area contributed by atoms with Gasteiger partial charge in [-0.1, -0.05) is 26.0 Å². The molecule has 2 atom stereocenters. The standard InChI is InChI=1S/C28H36N6O10/c1-4-42-27(38)33-23(17(2)3)25(36)32-22(6-5-15-30-26(29)37)24(35)31-19-9-7-18(8-10-19)16-43-28(39)44-21-13-11-20(12-14-21)34(40)41/h7-14,17,22-23H,4-6,15-16H2,1-3H3,(H,31,35)(H,32,36)(H,33,38)(H3,29,30,37)/t22-,23-/m0/s1. The number of urea groups is 1. The van der Waals surface area contributed by atoms with Gasteiger partial charge >= 0.3 is 18.3 Å². The molecule has 238 valence electrons. The summed E-state index contributed by atoms with van der Waals surface area (Å²) in [6.07, 6.45) is -1.33. The van der Waals surface area contributed by atoms with Crippen molar-refractivity contribution in [2.24, 2.45) is 11.7 Å². The monoisotopic (exact) mass is 616 g/mol. The highest BCUT2D eigenvalue weighted by molar-refractivity contribution is 5.98. The van der Waals surface area contributed by atoms with Gasteiger partial charge in [-0.15, -0.1) is 0 Å². The van der Waals surface area contributed by atoms with Crippen LogP contribution in [0.2, 0.25) is 0 Å². The van der Waals surface area contributed by atoms with Gasteiger partial charge in [0.1, 0.15) is 24.4 Å². The van der Waals surface area contributed by atoms with Crippen LogP contribution in [0.15, 0.2) is 48.5 Å². The summed E-state index contributed by atoms with van der Waals surface area (Å²) in [4.78, 5) is 71.2. The van der Waals surface area contributed by atoms with Crippen molar-refractivity contribution in [1.29, 1.82) is 0 Å². The van der Waals surface area contributed by atoms with E-state index in [2.05, 4.69) is 21.3 Å². The Kier molecular flexibility index (Phi) is 13.9. The van der Waals surface area contributed by atoms with Crippen LogP contribution in [0.3, 0.4) is 0 Å². The van der Waals surface area contributed by atoms with Crippen molar-refractivity contribution in [2.75, 3.05) is 18.5 Å². The molecule has 6 N–H and O–H groups in total. The average Bonchev–Trinajstić information content (AvgIpc) is 2.97. The highest BCUT2D eigenvalue weighted by Gasteiger charge is 2.29. The lowest BCUT2D eigenvalue weighted by atomic mass is 10.0. The number of nitro benzene ring substituents is 1. The van der Waals surface area contributed by atoms with Crippen LogP contribution in [-0.2, 0) is 25.7 Å². The van der Waals surface area contributed by atoms with E-state index in [4.69, 9.17) is 19.9 Å². The normalized spacial score (nSPS) is 11.8. The smallest absolute Gasteiger partial charge is 0.450 e. The van der Waals surface area contributed by atoms with Crippen LogP contribution in [-0.4, -0.2) is 60.3 Å². The minimum atomic E-state index is -1.03. The minimum Gasteiger partial charge on any atom is -0.450 e. The number of nitrogens with one attached hydrogen (secondary N) is 4. The molecule has 0 heterocycles. The molecule has 16 heteroatoms. The van der Waals surface area contributed by atoms with Crippen molar-refractivity contribution >= 4 is 41.5 Å². The Labute approximate surface area is 253 Å². The number of alkyl carbamates (subject to hydrolysis) is 1. The number of carbonyl (C=O) groups is 5. The molecule has 0 saturated carbocycles. The maximum absolute atomic E-state index is 13.2. The number of nitrogens with two attached hydrogens (primary N) is 1. The molecule has 0 aliphatic carbocycles. The molecule has 5 amide bonds. The van der Waals surface area contributed by atoms with E-state index in [9.17, 15) is 34.1 Å². The van der Waals surface area contributed by atoms with Gasteiger partial charge in [0.25, 0.3) is 5.69 Å². The molecule has 2 aromatic rings. The van der Waals surface area contributed by atoms with Crippen molar-refractivity contribution in [1.82, 2.24) is 16.0 Å². The van der Waals surface area contributed by atoms with Gasteiger partial charge in [0.05, 0.1) is 11.5 Å². The molecular weight excluding hydrogens is 580 g/mol. The molecule has 0 saturated heterocycles. The topological polar surface area (TPSA) is 230 Å². The fraction of sp³-hybridized carbons (Fsp3) is 0.393. The third kappa shape index (κ3) is 12.2. The van der Waals surface area contributed by atoms with Crippen molar-refractivity contribution in [3.63, 3.8) is 0 Å². The first-order valence-electron chi connectivity index (χ1n) is 13.6. The molecule has 0 aromatic heterocycles. The molecule has 0 aliphatic rings. The maximum atomic E-state index is 13.2. The predicted molar refractivity (Wildman–Crippen MR) is 157 cm³/mol. The first kappa shape index (κ1) is 34.8. The maximum Gasteiger partial charge on any atom is 0.514 e. The molecule has 0 radical (unpaired) electrons. The zero-order valence-electron chi connectivity index (χ0n) is 24.5. The number of carbonyl (C=O) groups excluding carboxylic acids is 5. The molecule has 16 nitrogen and oxygen atoms in total. The lowest BCUT2D eigenvalue weighted by molar-refractivity contribution is -0.384. The minimum absolute atomic E-state index is 0.0714. The second-order valence-corrected chi connectivity index (χ2v) is 9.66. The fourth-order valence-electron chi connectivity index (χ4n) is 3.70. The Morgan fingerprint density at radius 1 is 0.932 bits per heavy atom. The number of nitrogens with zero attached hydrogens (tertiary/aromatic N) is 1. The molecule has 44 heavy (non-hydrogen) atoms. The summed E-state index contributed by atoms with van der Waals surface area (Å²) in [5.74, 6) is -1.39. The van der Waals surface area contributed by atoms with E-state index in [1.165, 1.54) is 24.3 Å². The van der Waals surface area contributed by atoms with Crippen molar-refractivity contribution in [3.8, 4) is 5.75 Å². The zero-order valence-corrected chi connectivity index (χ0v) is 24.5. The van der Waals surface area contributed by atoms with Gasteiger partial charge in [0.2, 0.25) is 11.8 Å². The first-order valence-corrected chi connectivity index (χ1v) is 13.6. The lowest BCUT2D eigenvalue weighted by Crippen LogP contribution is -2.54. The van der Waals surface area contributed by atoms with E-state index in [1.54, 1.807) is 45.0 Å². The molecule has 0 aliphatic heterocycles. The summed E-state index contributed by atoms with van der Waals surface area (Å²) < 4.78 is 14.9. The van der Waals surface area contributed by atoms with Gasteiger partial charge < -0.3 is 41.2 Å². The fourth-order valence-corrected chi connectivity index (χ4v) is 3.70. The van der Waals surface area contributed by atoms with Gasteiger partial charge in [0.15, 0.2) is 0 Å². The summed E-state index contributed by atoms with van der Waals surface area (Å²) in [7, 11) is 0. The van der Waals surface area contributed by atoms with Crippen LogP contribution in [0.4, 0.5) is 25.8 Å².